The van der Waals surface area contributed by atoms with Crippen molar-refractivity contribution in [3.8, 4) is 0 Å². The van der Waals surface area contributed by atoms with E-state index >= 15 is 0 Å². The Morgan fingerprint density at radius 1 is 1.32 bits per heavy atom. The number of hydrogen-bond acceptors (Lipinski definition) is 4. The van der Waals surface area contributed by atoms with Crippen LogP contribution in [0.1, 0.15) is 18.3 Å². The number of aromatic nitrogens is 3. The topological polar surface area (TPSA) is 82.7 Å². The zero-order valence-corrected chi connectivity index (χ0v) is 10.8. The van der Waals surface area contributed by atoms with Gasteiger partial charge in [-0.1, -0.05) is 12.1 Å². The van der Waals surface area contributed by atoms with E-state index in [1.807, 2.05) is 24.3 Å². The molecule has 0 bridgehead atoms. The SMILES string of the molecule is CC(=O)Nc1ccc(CNCCc2ncn[nH]2)cc1. The number of H-pyrrole nitrogens is 1. The van der Waals surface area contributed by atoms with Crippen molar-refractivity contribution in [1.82, 2.24) is 20.5 Å². The van der Waals surface area contributed by atoms with Crippen molar-refractivity contribution in [3.05, 3.63) is 42.0 Å². The van der Waals surface area contributed by atoms with Crippen molar-refractivity contribution in [1.29, 1.82) is 0 Å². The quantitative estimate of drug-likeness (QED) is 0.678. The van der Waals surface area contributed by atoms with E-state index in [-0.39, 0.29) is 5.91 Å². The number of carbonyl (C=O) groups is 1. The number of carbonyl (C=O) groups excluding carboxylic acids is 1. The lowest BCUT2D eigenvalue weighted by molar-refractivity contribution is -0.114. The summed E-state index contributed by atoms with van der Waals surface area (Å²) in [7, 11) is 0. The van der Waals surface area contributed by atoms with Gasteiger partial charge >= 0.3 is 0 Å². The van der Waals surface area contributed by atoms with Crippen LogP contribution < -0.4 is 10.6 Å². The minimum atomic E-state index is -0.0575. The number of rotatable bonds is 6. The lowest BCUT2D eigenvalue weighted by Gasteiger charge is -2.06. The molecule has 19 heavy (non-hydrogen) atoms. The summed E-state index contributed by atoms with van der Waals surface area (Å²) in [6, 6.07) is 7.78. The van der Waals surface area contributed by atoms with E-state index in [0.29, 0.717) is 0 Å². The summed E-state index contributed by atoms with van der Waals surface area (Å²) in [5, 5.41) is 12.7. The summed E-state index contributed by atoms with van der Waals surface area (Å²) < 4.78 is 0. The average Bonchev–Trinajstić information content (AvgIpc) is 2.89. The van der Waals surface area contributed by atoms with Gasteiger partial charge < -0.3 is 10.6 Å². The lowest BCUT2D eigenvalue weighted by atomic mass is 10.2. The Labute approximate surface area is 111 Å². The van der Waals surface area contributed by atoms with Crippen LogP contribution in [0, 0.1) is 0 Å². The molecular formula is C13H17N5O. The molecule has 0 saturated carbocycles. The lowest BCUT2D eigenvalue weighted by Crippen LogP contribution is -2.17. The van der Waals surface area contributed by atoms with Crippen LogP contribution >= 0.6 is 0 Å². The number of hydrogen-bond donors (Lipinski definition) is 3. The molecule has 1 heterocycles. The highest BCUT2D eigenvalue weighted by Crippen LogP contribution is 2.09. The molecule has 3 N–H and O–H groups in total. The number of nitrogens with one attached hydrogen (secondary N) is 3. The summed E-state index contributed by atoms with van der Waals surface area (Å²) in [4.78, 5) is 14.9. The molecule has 2 aromatic rings. The Bertz CT molecular complexity index is 506. The van der Waals surface area contributed by atoms with Gasteiger partial charge in [0, 0.05) is 32.1 Å². The predicted octanol–water partition coefficient (Wildman–Crippen LogP) is 1.10. The van der Waals surface area contributed by atoms with E-state index in [1.165, 1.54) is 18.8 Å². The van der Waals surface area contributed by atoms with Gasteiger partial charge in [-0.3, -0.25) is 9.89 Å². The van der Waals surface area contributed by atoms with E-state index in [0.717, 1.165) is 31.0 Å². The number of anilines is 1. The van der Waals surface area contributed by atoms with E-state index in [1.54, 1.807) is 0 Å². The molecule has 0 atom stereocenters. The van der Waals surface area contributed by atoms with Crippen LogP contribution in [0.15, 0.2) is 30.6 Å². The highest BCUT2D eigenvalue weighted by Gasteiger charge is 1.98. The first-order chi connectivity index (χ1) is 9.24. The minimum absolute atomic E-state index is 0.0575. The molecule has 0 aliphatic carbocycles. The fourth-order valence-electron chi connectivity index (χ4n) is 1.70. The maximum Gasteiger partial charge on any atom is 0.221 e. The van der Waals surface area contributed by atoms with Gasteiger partial charge in [-0.25, -0.2) is 4.98 Å². The van der Waals surface area contributed by atoms with Gasteiger partial charge in [0.25, 0.3) is 0 Å². The minimum Gasteiger partial charge on any atom is -0.326 e. The Morgan fingerprint density at radius 2 is 2.11 bits per heavy atom. The normalized spacial score (nSPS) is 10.4. The van der Waals surface area contributed by atoms with Crippen LogP contribution in [0.4, 0.5) is 5.69 Å². The third-order valence-electron chi connectivity index (χ3n) is 2.61. The maximum atomic E-state index is 10.9. The molecule has 1 amide bonds. The van der Waals surface area contributed by atoms with Crippen LogP contribution in [0.5, 0.6) is 0 Å². The molecule has 0 spiro atoms. The van der Waals surface area contributed by atoms with Gasteiger partial charge in [-0.2, -0.15) is 5.10 Å². The van der Waals surface area contributed by atoms with Crippen molar-refractivity contribution < 1.29 is 4.79 Å². The Morgan fingerprint density at radius 3 is 2.74 bits per heavy atom. The van der Waals surface area contributed by atoms with Gasteiger partial charge in [0.05, 0.1) is 0 Å². The van der Waals surface area contributed by atoms with Gasteiger partial charge in [0.1, 0.15) is 12.2 Å². The number of nitrogens with zero attached hydrogens (tertiary/aromatic N) is 2. The molecular weight excluding hydrogens is 242 g/mol. The highest BCUT2D eigenvalue weighted by atomic mass is 16.1. The summed E-state index contributed by atoms with van der Waals surface area (Å²) >= 11 is 0. The first-order valence-corrected chi connectivity index (χ1v) is 6.15. The highest BCUT2D eigenvalue weighted by molar-refractivity contribution is 5.88. The summed E-state index contributed by atoms with van der Waals surface area (Å²) in [6.45, 7) is 3.12. The van der Waals surface area contributed by atoms with Crippen LogP contribution in [0.25, 0.3) is 0 Å². The second-order valence-electron chi connectivity index (χ2n) is 4.24. The molecule has 0 aliphatic rings. The zero-order chi connectivity index (χ0) is 13.5. The standard InChI is InChI=1S/C13H17N5O/c1-10(19)17-12-4-2-11(3-5-12)8-14-7-6-13-15-9-16-18-13/h2-5,9,14H,6-8H2,1H3,(H,17,19)(H,15,16,18). The van der Waals surface area contributed by atoms with Crippen molar-refractivity contribution in [2.75, 3.05) is 11.9 Å². The maximum absolute atomic E-state index is 10.9. The Hall–Kier alpha value is -2.21. The van der Waals surface area contributed by atoms with Crippen LogP contribution in [0.2, 0.25) is 0 Å². The first-order valence-electron chi connectivity index (χ1n) is 6.15. The number of amides is 1. The van der Waals surface area contributed by atoms with E-state index in [9.17, 15) is 4.79 Å². The molecule has 100 valence electrons. The molecule has 1 aromatic heterocycles. The van der Waals surface area contributed by atoms with Gasteiger partial charge in [-0.15, -0.1) is 0 Å². The van der Waals surface area contributed by atoms with Gasteiger partial charge in [-0.05, 0) is 17.7 Å². The zero-order valence-electron chi connectivity index (χ0n) is 10.8. The van der Waals surface area contributed by atoms with Crippen molar-refractivity contribution in [2.24, 2.45) is 0 Å². The van der Waals surface area contributed by atoms with Crippen molar-refractivity contribution in [2.45, 2.75) is 19.9 Å². The second kappa shape index (κ2) is 6.65. The predicted molar refractivity (Wildman–Crippen MR) is 72.5 cm³/mol. The molecule has 0 radical (unpaired) electrons. The van der Waals surface area contributed by atoms with E-state index in [4.69, 9.17) is 0 Å². The van der Waals surface area contributed by atoms with E-state index < -0.39 is 0 Å². The molecule has 0 aliphatic heterocycles. The van der Waals surface area contributed by atoms with Crippen molar-refractivity contribution >= 4 is 11.6 Å². The number of benzene rings is 1. The molecule has 0 unspecified atom stereocenters. The molecule has 0 fully saturated rings. The van der Waals surface area contributed by atoms with Crippen molar-refractivity contribution in [3.63, 3.8) is 0 Å². The van der Waals surface area contributed by atoms with Crippen LogP contribution in [-0.4, -0.2) is 27.6 Å². The fraction of sp³-hybridized carbons (Fsp3) is 0.308. The summed E-state index contributed by atoms with van der Waals surface area (Å²) in [5.74, 6) is 0.825. The summed E-state index contributed by atoms with van der Waals surface area (Å²) in [6.07, 6.45) is 2.33. The molecule has 0 saturated heterocycles. The smallest absolute Gasteiger partial charge is 0.221 e. The van der Waals surface area contributed by atoms with Crippen LogP contribution in [-0.2, 0) is 17.8 Å². The average molecular weight is 259 g/mol. The monoisotopic (exact) mass is 259 g/mol. The Balaban J connectivity index is 1.72. The molecule has 2 rings (SSSR count). The third-order valence-corrected chi connectivity index (χ3v) is 2.61. The fourth-order valence-corrected chi connectivity index (χ4v) is 1.70. The molecule has 6 nitrogen and oxygen atoms in total. The van der Waals surface area contributed by atoms with Crippen LogP contribution in [0.3, 0.4) is 0 Å². The van der Waals surface area contributed by atoms with Gasteiger partial charge in [0.15, 0.2) is 0 Å². The first kappa shape index (κ1) is 13.2. The largest absolute Gasteiger partial charge is 0.326 e. The molecule has 6 heteroatoms. The van der Waals surface area contributed by atoms with E-state index in [2.05, 4.69) is 25.8 Å². The summed E-state index contributed by atoms with van der Waals surface area (Å²) in [5.41, 5.74) is 1.99. The molecule has 1 aromatic carbocycles. The van der Waals surface area contributed by atoms with Gasteiger partial charge in [0.2, 0.25) is 5.91 Å². The Kier molecular flexibility index (Phi) is 4.63. The third kappa shape index (κ3) is 4.51. The number of aromatic amines is 1. The second-order valence-corrected chi connectivity index (χ2v) is 4.24.